The third kappa shape index (κ3) is 3.09. The minimum absolute atomic E-state index is 0.139. The molecule has 0 bridgehead atoms. The molecule has 1 heterocycles. The lowest BCUT2D eigenvalue weighted by Gasteiger charge is -2.21. The van der Waals surface area contributed by atoms with Crippen LogP contribution in [-0.4, -0.2) is 12.0 Å². The fourth-order valence-corrected chi connectivity index (χ4v) is 2.10. The summed E-state index contributed by atoms with van der Waals surface area (Å²) in [6.45, 7) is 0. The summed E-state index contributed by atoms with van der Waals surface area (Å²) >= 11 is 5.89. The molecule has 2 aromatic rings. The monoisotopic (exact) mass is 311 g/mol. The predicted molar refractivity (Wildman–Crippen MR) is 73.5 cm³/mol. The lowest BCUT2D eigenvalue weighted by atomic mass is 10.2. The normalized spacial score (nSPS) is 11.0. The van der Waals surface area contributed by atoms with Gasteiger partial charge in [-0.05, 0) is 18.2 Å². The summed E-state index contributed by atoms with van der Waals surface area (Å²) in [4.78, 5) is 5.23. The molecule has 21 heavy (non-hydrogen) atoms. The fourth-order valence-electron chi connectivity index (χ4n) is 1.81. The van der Waals surface area contributed by atoms with Gasteiger partial charge in [-0.2, -0.15) is 18.4 Å². The molecule has 2 rings (SSSR count). The Balaban J connectivity index is 2.45. The van der Waals surface area contributed by atoms with Gasteiger partial charge in [0.1, 0.15) is 6.07 Å². The number of hydrogen-bond acceptors (Lipinski definition) is 3. The average molecular weight is 312 g/mol. The van der Waals surface area contributed by atoms with Crippen molar-refractivity contribution in [1.29, 1.82) is 5.26 Å². The van der Waals surface area contributed by atoms with E-state index in [2.05, 4.69) is 4.98 Å². The van der Waals surface area contributed by atoms with Gasteiger partial charge in [-0.15, -0.1) is 0 Å². The third-order valence-electron chi connectivity index (χ3n) is 2.85. The van der Waals surface area contributed by atoms with Crippen LogP contribution in [-0.2, 0) is 6.18 Å². The highest BCUT2D eigenvalue weighted by atomic mass is 35.5. The predicted octanol–water partition coefficient (Wildman–Crippen LogP) is 4.39. The molecule has 0 amide bonds. The van der Waals surface area contributed by atoms with Gasteiger partial charge >= 0.3 is 6.18 Å². The number of rotatable bonds is 2. The van der Waals surface area contributed by atoms with Crippen molar-refractivity contribution in [2.45, 2.75) is 6.18 Å². The number of aromatic nitrogens is 1. The zero-order valence-electron chi connectivity index (χ0n) is 10.8. The van der Waals surface area contributed by atoms with Crippen molar-refractivity contribution in [2.75, 3.05) is 11.9 Å². The Hall–Kier alpha value is -2.26. The van der Waals surface area contributed by atoms with Gasteiger partial charge in [-0.25, -0.2) is 4.98 Å². The number of anilines is 2. The molecule has 0 aliphatic carbocycles. The van der Waals surface area contributed by atoms with Gasteiger partial charge in [-0.3, -0.25) is 0 Å². The first-order valence-electron chi connectivity index (χ1n) is 5.80. The molecule has 0 aliphatic rings. The van der Waals surface area contributed by atoms with E-state index in [1.165, 1.54) is 4.90 Å². The third-order valence-corrected chi connectivity index (χ3v) is 3.13. The molecule has 0 atom stereocenters. The number of hydrogen-bond donors (Lipinski definition) is 0. The molecule has 1 aromatic heterocycles. The van der Waals surface area contributed by atoms with Crippen LogP contribution < -0.4 is 4.90 Å². The fraction of sp³-hybridized carbons (Fsp3) is 0.143. The molecule has 0 saturated heterocycles. The molecule has 3 nitrogen and oxygen atoms in total. The molecule has 7 heteroatoms. The van der Waals surface area contributed by atoms with E-state index in [0.717, 1.165) is 6.07 Å². The van der Waals surface area contributed by atoms with E-state index < -0.39 is 11.7 Å². The van der Waals surface area contributed by atoms with Gasteiger partial charge < -0.3 is 4.90 Å². The zero-order valence-corrected chi connectivity index (χ0v) is 11.6. The van der Waals surface area contributed by atoms with E-state index in [4.69, 9.17) is 16.9 Å². The van der Waals surface area contributed by atoms with E-state index in [9.17, 15) is 13.2 Å². The molecule has 108 valence electrons. The average Bonchev–Trinajstić information content (AvgIpc) is 2.45. The van der Waals surface area contributed by atoms with E-state index in [1.807, 2.05) is 6.07 Å². The lowest BCUT2D eigenvalue weighted by Crippen LogP contribution is -2.14. The van der Waals surface area contributed by atoms with Crippen LogP contribution in [0.25, 0.3) is 0 Å². The largest absolute Gasteiger partial charge is 0.417 e. The van der Waals surface area contributed by atoms with Crippen molar-refractivity contribution < 1.29 is 13.2 Å². The molecular weight excluding hydrogens is 303 g/mol. The van der Waals surface area contributed by atoms with Crippen molar-refractivity contribution in [3.05, 3.63) is 52.7 Å². The van der Waals surface area contributed by atoms with Crippen LogP contribution in [0.1, 0.15) is 11.1 Å². The number of nitriles is 1. The summed E-state index contributed by atoms with van der Waals surface area (Å²) in [5, 5.41) is 8.92. The number of halogens is 4. The summed E-state index contributed by atoms with van der Waals surface area (Å²) in [6, 6.07) is 9.49. The van der Waals surface area contributed by atoms with Gasteiger partial charge in [0.25, 0.3) is 0 Å². The van der Waals surface area contributed by atoms with Gasteiger partial charge in [0.2, 0.25) is 0 Å². The lowest BCUT2D eigenvalue weighted by molar-refractivity contribution is -0.137. The maximum absolute atomic E-state index is 12.6. The quantitative estimate of drug-likeness (QED) is 0.825. The van der Waals surface area contributed by atoms with Crippen LogP contribution in [0.5, 0.6) is 0 Å². The molecular formula is C14H9ClF3N3. The first-order valence-corrected chi connectivity index (χ1v) is 6.18. The molecule has 0 aliphatic heterocycles. The zero-order chi connectivity index (χ0) is 15.6. The van der Waals surface area contributed by atoms with Crippen LogP contribution in [0.2, 0.25) is 5.02 Å². The maximum Gasteiger partial charge on any atom is 0.417 e. The second kappa shape index (κ2) is 5.62. The van der Waals surface area contributed by atoms with Gasteiger partial charge in [0.05, 0.1) is 21.8 Å². The van der Waals surface area contributed by atoms with Crippen molar-refractivity contribution >= 4 is 23.1 Å². The van der Waals surface area contributed by atoms with Crippen molar-refractivity contribution in [2.24, 2.45) is 0 Å². The maximum atomic E-state index is 12.6. The highest BCUT2D eigenvalue weighted by Crippen LogP contribution is 2.35. The van der Waals surface area contributed by atoms with Crippen molar-refractivity contribution in [3.63, 3.8) is 0 Å². The van der Waals surface area contributed by atoms with Crippen LogP contribution in [0.3, 0.4) is 0 Å². The number of pyridine rings is 1. The summed E-state index contributed by atoms with van der Waals surface area (Å²) in [7, 11) is 1.58. The number of nitrogens with zero attached hydrogens (tertiary/aromatic N) is 3. The van der Waals surface area contributed by atoms with Crippen molar-refractivity contribution in [1.82, 2.24) is 4.98 Å². The number of benzene rings is 1. The molecule has 1 aromatic carbocycles. The standard InChI is InChI=1S/C14H9ClF3N3/c1-21(12-5-3-2-4-9(12)7-19)13-11(15)6-10(8-20-13)14(16,17)18/h2-6,8H,1H3. The van der Waals surface area contributed by atoms with Gasteiger partial charge in [-0.1, -0.05) is 23.7 Å². The molecule has 0 fully saturated rings. The second-order valence-corrected chi connectivity index (χ2v) is 4.62. The Bertz CT molecular complexity index is 707. The Morgan fingerprint density at radius 1 is 1.29 bits per heavy atom. The molecule has 0 saturated carbocycles. The van der Waals surface area contributed by atoms with Crippen LogP contribution in [0, 0.1) is 11.3 Å². The number of para-hydroxylation sites is 1. The Labute approximate surface area is 124 Å². The summed E-state index contributed by atoms with van der Waals surface area (Å²) < 4.78 is 37.8. The molecule has 0 N–H and O–H groups in total. The summed E-state index contributed by atoms with van der Waals surface area (Å²) in [5.41, 5.74) is -0.0369. The van der Waals surface area contributed by atoms with Crippen LogP contribution >= 0.6 is 11.6 Å². The molecule has 0 unspecified atom stereocenters. The van der Waals surface area contributed by atoms with E-state index >= 15 is 0 Å². The van der Waals surface area contributed by atoms with Gasteiger partial charge in [0.15, 0.2) is 5.82 Å². The van der Waals surface area contributed by atoms with E-state index in [0.29, 0.717) is 17.4 Å². The van der Waals surface area contributed by atoms with E-state index in [1.54, 1.807) is 31.3 Å². The summed E-state index contributed by atoms with van der Waals surface area (Å²) in [5.74, 6) is 0.146. The molecule has 0 spiro atoms. The highest BCUT2D eigenvalue weighted by Gasteiger charge is 2.32. The Morgan fingerprint density at radius 2 is 1.95 bits per heavy atom. The minimum atomic E-state index is -4.50. The highest BCUT2D eigenvalue weighted by molar-refractivity contribution is 6.33. The topological polar surface area (TPSA) is 39.9 Å². The number of alkyl halides is 3. The SMILES string of the molecule is CN(c1ccccc1C#N)c1ncc(C(F)(F)F)cc1Cl. The molecule has 0 radical (unpaired) electrons. The van der Waals surface area contributed by atoms with Crippen LogP contribution in [0.15, 0.2) is 36.5 Å². The second-order valence-electron chi connectivity index (χ2n) is 4.22. The smallest absolute Gasteiger partial charge is 0.327 e. The Kier molecular flexibility index (Phi) is 4.05. The van der Waals surface area contributed by atoms with Crippen LogP contribution in [0.4, 0.5) is 24.7 Å². The summed E-state index contributed by atoms with van der Waals surface area (Å²) in [6.07, 6.45) is -3.79. The van der Waals surface area contributed by atoms with Crippen molar-refractivity contribution in [3.8, 4) is 6.07 Å². The Morgan fingerprint density at radius 3 is 2.52 bits per heavy atom. The first kappa shape index (κ1) is 15.1. The van der Waals surface area contributed by atoms with E-state index in [-0.39, 0.29) is 10.8 Å². The first-order chi connectivity index (χ1) is 9.84. The minimum Gasteiger partial charge on any atom is -0.327 e. The van der Waals surface area contributed by atoms with Gasteiger partial charge in [0, 0.05) is 13.2 Å².